The molecule has 2 unspecified atom stereocenters. The van der Waals surface area contributed by atoms with Gasteiger partial charge in [-0.25, -0.2) is 0 Å². The Labute approximate surface area is 108 Å². The third-order valence-electron chi connectivity index (χ3n) is 3.80. The SMILES string of the molecule is c1ccc2c(c1)CC(OCCC1CCCO1)CN2. The van der Waals surface area contributed by atoms with E-state index in [9.17, 15) is 0 Å². The zero-order chi connectivity index (χ0) is 12.2. The van der Waals surface area contributed by atoms with Gasteiger partial charge in [0.1, 0.15) is 0 Å². The minimum atomic E-state index is 0.307. The largest absolute Gasteiger partial charge is 0.382 e. The predicted octanol–water partition coefficient (Wildman–Crippen LogP) is 2.61. The fraction of sp³-hybridized carbons (Fsp3) is 0.600. The summed E-state index contributed by atoms with van der Waals surface area (Å²) in [6.45, 7) is 2.67. The highest BCUT2D eigenvalue weighted by atomic mass is 16.5. The summed E-state index contributed by atoms with van der Waals surface area (Å²) < 4.78 is 11.6. The molecule has 0 radical (unpaired) electrons. The summed E-state index contributed by atoms with van der Waals surface area (Å²) in [7, 11) is 0. The van der Waals surface area contributed by atoms with E-state index in [0.29, 0.717) is 12.2 Å². The first-order valence-electron chi connectivity index (χ1n) is 6.97. The third kappa shape index (κ3) is 2.85. The van der Waals surface area contributed by atoms with E-state index < -0.39 is 0 Å². The highest BCUT2D eigenvalue weighted by Gasteiger charge is 2.20. The number of fused-ring (bicyclic) bond motifs is 1. The van der Waals surface area contributed by atoms with Gasteiger partial charge in [-0.2, -0.15) is 0 Å². The molecule has 2 aliphatic rings. The summed E-state index contributed by atoms with van der Waals surface area (Å²) in [6, 6.07) is 8.48. The van der Waals surface area contributed by atoms with Gasteiger partial charge in [0.25, 0.3) is 0 Å². The molecule has 18 heavy (non-hydrogen) atoms. The Kier molecular flexibility index (Phi) is 3.81. The van der Waals surface area contributed by atoms with E-state index in [2.05, 4.69) is 29.6 Å². The summed E-state index contributed by atoms with van der Waals surface area (Å²) in [5, 5.41) is 3.43. The normalized spacial score (nSPS) is 26.7. The van der Waals surface area contributed by atoms with Crippen LogP contribution in [0.3, 0.4) is 0 Å². The summed E-state index contributed by atoms with van der Waals surface area (Å²) in [6.07, 6.45) is 5.22. The quantitative estimate of drug-likeness (QED) is 0.887. The van der Waals surface area contributed by atoms with Gasteiger partial charge < -0.3 is 14.8 Å². The van der Waals surface area contributed by atoms with Crippen molar-refractivity contribution in [2.75, 3.05) is 25.1 Å². The summed E-state index contributed by atoms with van der Waals surface area (Å²) >= 11 is 0. The van der Waals surface area contributed by atoms with Gasteiger partial charge >= 0.3 is 0 Å². The minimum absolute atomic E-state index is 0.307. The molecule has 1 N–H and O–H groups in total. The fourth-order valence-electron chi connectivity index (χ4n) is 2.77. The molecule has 3 rings (SSSR count). The molecule has 1 fully saturated rings. The average Bonchev–Trinajstić information content (AvgIpc) is 2.92. The van der Waals surface area contributed by atoms with Crippen LogP contribution >= 0.6 is 0 Å². The smallest absolute Gasteiger partial charge is 0.0788 e. The Morgan fingerprint density at radius 1 is 1.33 bits per heavy atom. The van der Waals surface area contributed by atoms with Crippen LogP contribution in [0.15, 0.2) is 24.3 Å². The van der Waals surface area contributed by atoms with E-state index in [1.54, 1.807) is 0 Å². The Balaban J connectivity index is 1.44. The van der Waals surface area contributed by atoms with E-state index in [1.165, 1.54) is 24.1 Å². The third-order valence-corrected chi connectivity index (χ3v) is 3.80. The molecule has 0 saturated carbocycles. The number of para-hydroxylation sites is 1. The van der Waals surface area contributed by atoms with Gasteiger partial charge in [0.05, 0.1) is 12.2 Å². The van der Waals surface area contributed by atoms with Crippen molar-refractivity contribution in [1.82, 2.24) is 0 Å². The second kappa shape index (κ2) is 5.72. The van der Waals surface area contributed by atoms with Gasteiger partial charge in [0.15, 0.2) is 0 Å². The van der Waals surface area contributed by atoms with Crippen molar-refractivity contribution in [1.29, 1.82) is 0 Å². The Bertz CT molecular complexity index is 388. The molecular formula is C15H21NO2. The van der Waals surface area contributed by atoms with Gasteiger partial charge in [-0.15, -0.1) is 0 Å². The molecule has 2 atom stereocenters. The van der Waals surface area contributed by atoms with Crippen LogP contribution in [0.1, 0.15) is 24.8 Å². The van der Waals surface area contributed by atoms with Crippen LogP contribution in [-0.4, -0.2) is 32.0 Å². The van der Waals surface area contributed by atoms with Crippen LogP contribution < -0.4 is 5.32 Å². The van der Waals surface area contributed by atoms with Crippen molar-refractivity contribution in [3.63, 3.8) is 0 Å². The summed E-state index contributed by atoms with van der Waals surface area (Å²) in [5.74, 6) is 0. The number of anilines is 1. The van der Waals surface area contributed by atoms with Gasteiger partial charge in [0, 0.05) is 31.9 Å². The van der Waals surface area contributed by atoms with Crippen LogP contribution in [0.5, 0.6) is 0 Å². The standard InChI is InChI=1S/C15H21NO2/c1-2-6-15-12(4-1)10-14(11-16-15)18-9-7-13-5-3-8-17-13/h1-2,4,6,13-14,16H,3,5,7-11H2. The van der Waals surface area contributed by atoms with Gasteiger partial charge in [0.2, 0.25) is 0 Å². The lowest BCUT2D eigenvalue weighted by Crippen LogP contribution is -2.31. The zero-order valence-electron chi connectivity index (χ0n) is 10.7. The van der Waals surface area contributed by atoms with Crippen LogP contribution in [0.4, 0.5) is 5.69 Å². The van der Waals surface area contributed by atoms with Crippen LogP contribution in [0.25, 0.3) is 0 Å². The van der Waals surface area contributed by atoms with Crippen molar-refractivity contribution in [2.24, 2.45) is 0 Å². The van der Waals surface area contributed by atoms with E-state index in [4.69, 9.17) is 9.47 Å². The van der Waals surface area contributed by atoms with Gasteiger partial charge in [-0.3, -0.25) is 0 Å². The molecule has 0 bridgehead atoms. The van der Waals surface area contributed by atoms with Crippen molar-refractivity contribution < 1.29 is 9.47 Å². The molecular weight excluding hydrogens is 226 g/mol. The van der Waals surface area contributed by atoms with Crippen molar-refractivity contribution in [2.45, 2.75) is 37.9 Å². The highest BCUT2D eigenvalue weighted by Crippen LogP contribution is 2.23. The first-order chi connectivity index (χ1) is 8.92. The molecule has 0 spiro atoms. The average molecular weight is 247 g/mol. The second-order valence-electron chi connectivity index (χ2n) is 5.16. The number of hydrogen-bond acceptors (Lipinski definition) is 3. The summed E-state index contributed by atoms with van der Waals surface area (Å²) in [4.78, 5) is 0. The number of nitrogens with one attached hydrogen (secondary N) is 1. The van der Waals surface area contributed by atoms with Crippen LogP contribution in [0, 0.1) is 0 Å². The van der Waals surface area contributed by atoms with E-state index in [1.807, 2.05) is 0 Å². The molecule has 2 heterocycles. The minimum Gasteiger partial charge on any atom is -0.382 e. The van der Waals surface area contributed by atoms with Crippen molar-refractivity contribution in [3.8, 4) is 0 Å². The fourth-order valence-corrected chi connectivity index (χ4v) is 2.77. The molecule has 2 aliphatic heterocycles. The van der Waals surface area contributed by atoms with E-state index in [0.717, 1.165) is 32.6 Å². The molecule has 1 saturated heterocycles. The second-order valence-corrected chi connectivity index (χ2v) is 5.16. The van der Waals surface area contributed by atoms with Gasteiger partial charge in [-0.1, -0.05) is 18.2 Å². The molecule has 0 aliphatic carbocycles. The van der Waals surface area contributed by atoms with Crippen molar-refractivity contribution in [3.05, 3.63) is 29.8 Å². The Morgan fingerprint density at radius 3 is 3.17 bits per heavy atom. The molecule has 1 aromatic carbocycles. The monoisotopic (exact) mass is 247 g/mol. The van der Waals surface area contributed by atoms with E-state index >= 15 is 0 Å². The van der Waals surface area contributed by atoms with E-state index in [-0.39, 0.29) is 0 Å². The highest BCUT2D eigenvalue weighted by molar-refractivity contribution is 5.53. The lowest BCUT2D eigenvalue weighted by atomic mass is 10.0. The number of ether oxygens (including phenoxy) is 2. The number of rotatable bonds is 4. The maximum absolute atomic E-state index is 5.96. The molecule has 3 nitrogen and oxygen atoms in total. The molecule has 0 aromatic heterocycles. The molecule has 0 amide bonds. The maximum Gasteiger partial charge on any atom is 0.0788 e. The number of benzene rings is 1. The number of hydrogen-bond donors (Lipinski definition) is 1. The predicted molar refractivity (Wildman–Crippen MR) is 72.0 cm³/mol. The Morgan fingerprint density at radius 2 is 2.28 bits per heavy atom. The lowest BCUT2D eigenvalue weighted by molar-refractivity contribution is 0.0243. The first kappa shape index (κ1) is 12.0. The summed E-state index contributed by atoms with van der Waals surface area (Å²) in [5.41, 5.74) is 2.63. The molecule has 98 valence electrons. The molecule has 1 aromatic rings. The van der Waals surface area contributed by atoms with Crippen molar-refractivity contribution >= 4 is 5.69 Å². The maximum atomic E-state index is 5.96. The zero-order valence-corrected chi connectivity index (χ0v) is 10.7. The van der Waals surface area contributed by atoms with Crippen LogP contribution in [-0.2, 0) is 15.9 Å². The Hall–Kier alpha value is -1.06. The van der Waals surface area contributed by atoms with Gasteiger partial charge in [-0.05, 0) is 30.9 Å². The van der Waals surface area contributed by atoms with Crippen LogP contribution in [0.2, 0.25) is 0 Å². The topological polar surface area (TPSA) is 30.5 Å². The lowest BCUT2D eigenvalue weighted by Gasteiger charge is -2.26. The first-order valence-corrected chi connectivity index (χ1v) is 6.97. The molecule has 3 heteroatoms.